The van der Waals surface area contributed by atoms with Crippen molar-refractivity contribution in [3.8, 4) is 5.75 Å². The zero-order chi connectivity index (χ0) is 15.3. The third kappa shape index (κ3) is 3.93. The molecular formula is C14H15FN2O3S. The number of nitrogens with two attached hydrogens (primary N) is 1. The van der Waals surface area contributed by atoms with Gasteiger partial charge in [0.05, 0.1) is 5.69 Å². The first kappa shape index (κ1) is 15.3. The Kier molecular flexibility index (Phi) is 4.77. The summed E-state index contributed by atoms with van der Waals surface area (Å²) in [5, 5.41) is 0. The van der Waals surface area contributed by atoms with E-state index in [1.807, 2.05) is 0 Å². The van der Waals surface area contributed by atoms with E-state index in [2.05, 4.69) is 4.72 Å². The average molecular weight is 310 g/mol. The van der Waals surface area contributed by atoms with E-state index in [1.165, 1.54) is 18.2 Å². The Morgan fingerprint density at radius 1 is 1.10 bits per heavy atom. The molecule has 0 bridgehead atoms. The number of anilines is 1. The van der Waals surface area contributed by atoms with E-state index in [0.717, 1.165) is 6.07 Å². The van der Waals surface area contributed by atoms with Crippen LogP contribution in [0.3, 0.4) is 0 Å². The maximum absolute atomic E-state index is 13.4. The van der Waals surface area contributed by atoms with Crippen molar-refractivity contribution in [3.05, 3.63) is 54.3 Å². The van der Waals surface area contributed by atoms with Crippen LogP contribution in [0.5, 0.6) is 5.75 Å². The Morgan fingerprint density at radius 3 is 2.48 bits per heavy atom. The molecule has 0 aliphatic rings. The Morgan fingerprint density at radius 2 is 1.76 bits per heavy atom. The largest absolute Gasteiger partial charge is 0.490 e. The summed E-state index contributed by atoms with van der Waals surface area (Å²) < 4.78 is 44.9. The second-order valence-corrected chi connectivity index (χ2v) is 5.95. The van der Waals surface area contributed by atoms with E-state index in [1.54, 1.807) is 24.3 Å². The molecule has 112 valence electrons. The summed E-state index contributed by atoms with van der Waals surface area (Å²) in [6, 6.07) is 12.1. The normalized spacial score (nSPS) is 11.3. The van der Waals surface area contributed by atoms with Crippen LogP contribution >= 0.6 is 0 Å². The van der Waals surface area contributed by atoms with Gasteiger partial charge in [0.1, 0.15) is 23.1 Å². The van der Waals surface area contributed by atoms with Gasteiger partial charge in [-0.3, -0.25) is 0 Å². The van der Waals surface area contributed by atoms with E-state index in [0.29, 0.717) is 11.4 Å². The highest BCUT2D eigenvalue weighted by Crippen LogP contribution is 2.19. The zero-order valence-corrected chi connectivity index (χ0v) is 11.9. The Labute approximate surface area is 122 Å². The average Bonchev–Trinajstić information content (AvgIpc) is 2.45. The maximum atomic E-state index is 13.4. The standard InChI is InChI=1S/C14H15FN2O3S/c15-11-5-1-4-8-14(11)21(18,19)17-9-10-20-13-7-3-2-6-12(13)16/h1-8,17H,9-10,16H2. The van der Waals surface area contributed by atoms with Crippen molar-refractivity contribution in [1.29, 1.82) is 0 Å². The molecule has 21 heavy (non-hydrogen) atoms. The summed E-state index contributed by atoms with van der Waals surface area (Å²) in [7, 11) is -3.89. The molecule has 0 aromatic heterocycles. The van der Waals surface area contributed by atoms with Crippen LogP contribution in [0.25, 0.3) is 0 Å². The lowest BCUT2D eigenvalue weighted by molar-refractivity contribution is 0.324. The second-order valence-electron chi connectivity index (χ2n) is 4.21. The van der Waals surface area contributed by atoms with Gasteiger partial charge in [0.25, 0.3) is 0 Å². The van der Waals surface area contributed by atoms with E-state index < -0.39 is 15.8 Å². The molecule has 0 heterocycles. The minimum absolute atomic E-state index is 0.00496. The van der Waals surface area contributed by atoms with E-state index in [-0.39, 0.29) is 18.0 Å². The van der Waals surface area contributed by atoms with Crippen molar-refractivity contribution < 1.29 is 17.5 Å². The van der Waals surface area contributed by atoms with Crippen LogP contribution in [0.2, 0.25) is 0 Å². The Hall–Kier alpha value is -2.12. The van der Waals surface area contributed by atoms with Crippen molar-refractivity contribution in [2.24, 2.45) is 0 Å². The molecule has 0 unspecified atom stereocenters. The van der Waals surface area contributed by atoms with Gasteiger partial charge in [-0.25, -0.2) is 17.5 Å². The first-order valence-corrected chi connectivity index (χ1v) is 7.70. The number of sulfonamides is 1. The summed E-state index contributed by atoms with van der Waals surface area (Å²) in [6.07, 6.45) is 0. The van der Waals surface area contributed by atoms with Crippen molar-refractivity contribution >= 4 is 15.7 Å². The topological polar surface area (TPSA) is 81.4 Å². The molecule has 3 N–H and O–H groups in total. The highest BCUT2D eigenvalue weighted by molar-refractivity contribution is 7.89. The second kappa shape index (κ2) is 6.55. The molecule has 0 amide bonds. The summed E-state index contributed by atoms with van der Waals surface area (Å²) in [5.74, 6) is -0.319. The molecular weight excluding hydrogens is 295 g/mol. The number of rotatable bonds is 6. The number of ether oxygens (including phenoxy) is 1. The monoisotopic (exact) mass is 310 g/mol. The van der Waals surface area contributed by atoms with Crippen LogP contribution in [0.1, 0.15) is 0 Å². The Bertz CT molecular complexity index is 720. The lowest BCUT2D eigenvalue weighted by Crippen LogP contribution is -2.29. The fourth-order valence-corrected chi connectivity index (χ4v) is 2.78. The van der Waals surface area contributed by atoms with E-state index >= 15 is 0 Å². The fraction of sp³-hybridized carbons (Fsp3) is 0.143. The summed E-state index contributed by atoms with van der Waals surface area (Å²) >= 11 is 0. The summed E-state index contributed by atoms with van der Waals surface area (Å²) in [6.45, 7) is 0.0902. The minimum atomic E-state index is -3.89. The molecule has 0 saturated heterocycles. The SMILES string of the molecule is Nc1ccccc1OCCNS(=O)(=O)c1ccccc1F. The Balaban J connectivity index is 1.92. The van der Waals surface area contributed by atoms with Gasteiger partial charge in [-0.05, 0) is 24.3 Å². The first-order valence-electron chi connectivity index (χ1n) is 6.22. The molecule has 2 aromatic carbocycles. The van der Waals surface area contributed by atoms with Crippen LogP contribution in [-0.2, 0) is 10.0 Å². The zero-order valence-electron chi connectivity index (χ0n) is 11.1. The quantitative estimate of drug-likeness (QED) is 0.629. The lowest BCUT2D eigenvalue weighted by atomic mass is 10.3. The van der Waals surface area contributed by atoms with Gasteiger partial charge in [-0.2, -0.15) is 0 Å². The van der Waals surface area contributed by atoms with Gasteiger partial charge in [-0.15, -0.1) is 0 Å². The van der Waals surface area contributed by atoms with Crippen LogP contribution in [0.4, 0.5) is 10.1 Å². The molecule has 7 heteroatoms. The molecule has 0 aliphatic carbocycles. The fourth-order valence-electron chi connectivity index (χ4n) is 1.69. The number of nitrogen functional groups attached to an aromatic ring is 1. The predicted octanol–water partition coefficient (Wildman–Crippen LogP) is 1.77. The smallest absolute Gasteiger partial charge is 0.243 e. The molecule has 0 aliphatic heterocycles. The number of hydrogen-bond donors (Lipinski definition) is 2. The van der Waals surface area contributed by atoms with Crippen molar-refractivity contribution in [2.75, 3.05) is 18.9 Å². The van der Waals surface area contributed by atoms with Gasteiger partial charge >= 0.3 is 0 Å². The van der Waals surface area contributed by atoms with Crippen LogP contribution in [0.15, 0.2) is 53.4 Å². The number of hydrogen-bond acceptors (Lipinski definition) is 4. The number of benzene rings is 2. The third-order valence-corrected chi connectivity index (χ3v) is 4.19. The van der Waals surface area contributed by atoms with Crippen LogP contribution in [-0.4, -0.2) is 21.6 Å². The van der Waals surface area contributed by atoms with Gasteiger partial charge in [0.2, 0.25) is 10.0 Å². The number of para-hydroxylation sites is 2. The van der Waals surface area contributed by atoms with Crippen molar-refractivity contribution in [3.63, 3.8) is 0 Å². The molecule has 0 fully saturated rings. The third-order valence-electron chi connectivity index (χ3n) is 2.70. The van der Waals surface area contributed by atoms with Gasteiger partial charge < -0.3 is 10.5 Å². The molecule has 2 rings (SSSR count). The van der Waals surface area contributed by atoms with E-state index in [4.69, 9.17) is 10.5 Å². The molecule has 2 aromatic rings. The van der Waals surface area contributed by atoms with Gasteiger partial charge in [0.15, 0.2) is 0 Å². The highest BCUT2D eigenvalue weighted by atomic mass is 32.2. The molecule has 0 saturated carbocycles. The van der Waals surface area contributed by atoms with E-state index in [9.17, 15) is 12.8 Å². The van der Waals surface area contributed by atoms with Gasteiger partial charge in [-0.1, -0.05) is 24.3 Å². The number of nitrogens with one attached hydrogen (secondary N) is 1. The summed E-state index contributed by atoms with van der Waals surface area (Å²) in [4.78, 5) is -0.385. The first-order chi connectivity index (χ1) is 10.0. The number of halogens is 1. The highest BCUT2D eigenvalue weighted by Gasteiger charge is 2.17. The lowest BCUT2D eigenvalue weighted by Gasteiger charge is -2.10. The molecule has 0 atom stereocenters. The van der Waals surface area contributed by atoms with Crippen LogP contribution in [0, 0.1) is 5.82 Å². The molecule has 0 spiro atoms. The van der Waals surface area contributed by atoms with Crippen LogP contribution < -0.4 is 15.2 Å². The minimum Gasteiger partial charge on any atom is -0.490 e. The maximum Gasteiger partial charge on any atom is 0.243 e. The van der Waals surface area contributed by atoms with Crippen molar-refractivity contribution in [2.45, 2.75) is 4.90 Å². The molecule has 5 nitrogen and oxygen atoms in total. The predicted molar refractivity (Wildman–Crippen MR) is 77.9 cm³/mol. The van der Waals surface area contributed by atoms with Gasteiger partial charge in [0, 0.05) is 6.54 Å². The van der Waals surface area contributed by atoms with Crippen molar-refractivity contribution in [1.82, 2.24) is 4.72 Å². The summed E-state index contributed by atoms with van der Waals surface area (Å²) in [5.41, 5.74) is 6.15. The molecule has 0 radical (unpaired) electrons.